The number of hydrogen-bond acceptors (Lipinski definition) is 3. The van der Waals surface area contributed by atoms with E-state index in [0.29, 0.717) is 18.2 Å². The van der Waals surface area contributed by atoms with Gasteiger partial charge in [0.15, 0.2) is 5.78 Å². The summed E-state index contributed by atoms with van der Waals surface area (Å²) in [6.07, 6.45) is 0.459. The Kier molecular flexibility index (Phi) is 2.23. The van der Waals surface area contributed by atoms with Gasteiger partial charge < -0.3 is 4.74 Å². The number of aromatic nitrogens is 1. The van der Waals surface area contributed by atoms with Gasteiger partial charge in [-0.3, -0.25) is 4.79 Å². The maximum absolute atomic E-state index is 11.1. The van der Waals surface area contributed by atoms with Gasteiger partial charge in [-0.15, -0.1) is 0 Å². The Morgan fingerprint density at radius 2 is 2.21 bits per heavy atom. The largest absolute Gasteiger partial charge is 0.469 e. The van der Waals surface area contributed by atoms with Crippen LogP contribution in [0.2, 0.25) is 0 Å². The van der Waals surface area contributed by atoms with Crippen LogP contribution in [0, 0.1) is 0 Å². The van der Waals surface area contributed by atoms with Crippen LogP contribution in [-0.2, 0) is 11.2 Å². The summed E-state index contributed by atoms with van der Waals surface area (Å²) in [6, 6.07) is 3.90. The zero-order valence-corrected chi connectivity index (χ0v) is 8.41. The Morgan fingerprint density at radius 3 is 2.93 bits per heavy atom. The van der Waals surface area contributed by atoms with Crippen LogP contribution in [0.3, 0.4) is 0 Å². The van der Waals surface area contributed by atoms with Crippen molar-refractivity contribution >= 4 is 5.78 Å². The first kappa shape index (κ1) is 9.19. The van der Waals surface area contributed by atoms with Gasteiger partial charge in [-0.1, -0.05) is 19.9 Å². The van der Waals surface area contributed by atoms with Crippen LogP contribution in [0.15, 0.2) is 12.1 Å². The highest BCUT2D eigenvalue weighted by Crippen LogP contribution is 2.23. The van der Waals surface area contributed by atoms with Gasteiger partial charge in [0.2, 0.25) is 5.88 Å². The lowest BCUT2D eigenvalue weighted by Gasteiger charge is -2.16. The molecule has 1 aromatic rings. The highest BCUT2D eigenvalue weighted by molar-refractivity contribution is 5.84. The number of Topliss-reactive ketones (excluding diaryl/α,β-unsaturated/α-hetero) is 1. The summed E-state index contributed by atoms with van der Waals surface area (Å²) in [6.45, 7) is 4.34. The molecule has 74 valence electrons. The smallest absolute Gasteiger partial charge is 0.217 e. The Hall–Kier alpha value is -1.38. The highest BCUT2D eigenvalue weighted by Gasteiger charge is 2.18. The van der Waals surface area contributed by atoms with Gasteiger partial charge in [0.1, 0.15) is 6.61 Å². The maximum Gasteiger partial charge on any atom is 0.217 e. The SMILES string of the molecule is CC(C)c1ccc2c(n1)OCC(=O)C2. The van der Waals surface area contributed by atoms with E-state index in [1.54, 1.807) is 0 Å². The van der Waals surface area contributed by atoms with Crippen molar-refractivity contribution in [2.75, 3.05) is 6.61 Å². The highest BCUT2D eigenvalue weighted by atomic mass is 16.5. The minimum absolute atomic E-state index is 0.122. The molecular weight excluding hydrogens is 178 g/mol. The summed E-state index contributed by atoms with van der Waals surface area (Å²) >= 11 is 0. The molecule has 0 aliphatic carbocycles. The van der Waals surface area contributed by atoms with Crippen LogP contribution in [0.1, 0.15) is 31.0 Å². The second kappa shape index (κ2) is 3.40. The van der Waals surface area contributed by atoms with E-state index in [1.165, 1.54) is 0 Å². The lowest BCUT2D eigenvalue weighted by atomic mass is 10.1. The second-order valence-electron chi connectivity index (χ2n) is 3.86. The molecule has 1 aromatic heterocycles. The quantitative estimate of drug-likeness (QED) is 0.678. The molecule has 0 saturated carbocycles. The molecule has 1 aliphatic rings. The van der Waals surface area contributed by atoms with Crippen molar-refractivity contribution in [3.05, 3.63) is 23.4 Å². The van der Waals surface area contributed by atoms with Crippen molar-refractivity contribution in [3.63, 3.8) is 0 Å². The fourth-order valence-corrected chi connectivity index (χ4v) is 1.48. The summed E-state index contributed by atoms with van der Waals surface area (Å²) in [4.78, 5) is 15.5. The lowest BCUT2D eigenvalue weighted by molar-refractivity contribution is -0.121. The Morgan fingerprint density at radius 1 is 1.43 bits per heavy atom. The Balaban J connectivity index is 2.36. The number of carbonyl (C=O) groups is 1. The van der Waals surface area contributed by atoms with Crippen LogP contribution >= 0.6 is 0 Å². The first-order valence-electron chi connectivity index (χ1n) is 4.81. The average Bonchev–Trinajstić information content (AvgIpc) is 2.16. The summed E-state index contributed by atoms with van der Waals surface area (Å²) in [5, 5.41) is 0. The molecular formula is C11H13NO2. The minimum Gasteiger partial charge on any atom is -0.469 e. The standard InChI is InChI=1S/C11H13NO2/c1-7(2)10-4-3-8-5-9(13)6-14-11(8)12-10/h3-4,7H,5-6H2,1-2H3. The Bertz CT molecular complexity index is 372. The molecule has 0 unspecified atom stereocenters. The van der Waals surface area contributed by atoms with Gasteiger partial charge in [-0.25, -0.2) is 4.98 Å². The first-order valence-corrected chi connectivity index (χ1v) is 4.81. The predicted octanol–water partition coefficient (Wildman–Crippen LogP) is 1.71. The molecule has 0 fully saturated rings. The lowest BCUT2D eigenvalue weighted by Crippen LogP contribution is -2.21. The number of fused-ring (bicyclic) bond motifs is 1. The second-order valence-corrected chi connectivity index (χ2v) is 3.86. The zero-order valence-electron chi connectivity index (χ0n) is 8.41. The van der Waals surface area contributed by atoms with E-state index in [1.807, 2.05) is 12.1 Å². The fraction of sp³-hybridized carbons (Fsp3) is 0.455. The number of pyridine rings is 1. The average molecular weight is 191 g/mol. The summed E-state index contributed by atoms with van der Waals surface area (Å²) in [5.41, 5.74) is 1.92. The number of hydrogen-bond donors (Lipinski definition) is 0. The fourth-order valence-electron chi connectivity index (χ4n) is 1.48. The summed E-state index contributed by atoms with van der Waals surface area (Å²) in [7, 11) is 0. The monoisotopic (exact) mass is 191 g/mol. The molecule has 0 radical (unpaired) electrons. The molecule has 2 heterocycles. The third kappa shape index (κ3) is 1.62. The van der Waals surface area contributed by atoms with Crippen LogP contribution in [0.4, 0.5) is 0 Å². The maximum atomic E-state index is 11.1. The number of nitrogens with zero attached hydrogens (tertiary/aromatic N) is 1. The van der Waals surface area contributed by atoms with Gasteiger partial charge in [0.05, 0.1) is 0 Å². The molecule has 0 atom stereocenters. The van der Waals surface area contributed by atoms with E-state index in [0.717, 1.165) is 11.3 Å². The van der Waals surface area contributed by atoms with E-state index < -0.39 is 0 Å². The molecule has 0 amide bonds. The first-order chi connectivity index (χ1) is 6.66. The van der Waals surface area contributed by atoms with Crippen molar-refractivity contribution < 1.29 is 9.53 Å². The van der Waals surface area contributed by atoms with E-state index in [9.17, 15) is 4.79 Å². The topological polar surface area (TPSA) is 39.2 Å². The van der Waals surface area contributed by atoms with Crippen molar-refractivity contribution in [2.24, 2.45) is 0 Å². The normalized spacial score (nSPS) is 15.2. The molecule has 0 N–H and O–H groups in total. The van der Waals surface area contributed by atoms with Gasteiger partial charge >= 0.3 is 0 Å². The van der Waals surface area contributed by atoms with Crippen molar-refractivity contribution in [1.82, 2.24) is 4.98 Å². The molecule has 14 heavy (non-hydrogen) atoms. The molecule has 0 spiro atoms. The number of carbonyl (C=O) groups excluding carboxylic acids is 1. The third-order valence-corrected chi connectivity index (χ3v) is 2.31. The molecule has 0 saturated heterocycles. The number of ketones is 1. The van der Waals surface area contributed by atoms with Crippen LogP contribution in [0.5, 0.6) is 5.88 Å². The summed E-state index contributed by atoms with van der Waals surface area (Å²) in [5.74, 6) is 1.15. The minimum atomic E-state index is 0.122. The third-order valence-electron chi connectivity index (χ3n) is 2.31. The van der Waals surface area contributed by atoms with Gasteiger partial charge in [-0.05, 0) is 12.0 Å². The molecule has 3 nitrogen and oxygen atoms in total. The number of ether oxygens (including phenoxy) is 1. The number of rotatable bonds is 1. The van der Waals surface area contributed by atoms with E-state index in [4.69, 9.17) is 4.74 Å². The van der Waals surface area contributed by atoms with E-state index in [2.05, 4.69) is 18.8 Å². The predicted molar refractivity (Wildman–Crippen MR) is 52.5 cm³/mol. The van der Waals surface area contributed by atoms with Crippen LogP contribution in [0.25, 0.3) is 0 Å². The molecule has 0 aromatic carbocycles. The van der Waals surface area contributed by atoms with E-state index >= 15 is 0 Å². The molecule has 2 rings (SSSR count). The van der Waals surface area contributed by atoms with Crippen molar-refractivity contribution in [2.45, 2.75) is 26.2 Å². The molecule has 0 bridgehead atoms. The van der Waals surface area contributed by atoms with Crippen molar-refractivity contribution in [1.29, 1.82) is 0 Å². The van der Waals surface area contributed by atoms with Gasteiger partial charge in [0, 0.05) is 17.7 Å². The Labute approximate surface area is 83.1 Å². The van der Waals surface area contributed by atoms with Gasteiger partial charge in [-0.2, -0.15) is 0 Å². The van der Waals surface area contributed by atoms with E-state index in [-0.39, 0.29) is 12.4 Å². The van der Waals surface area contributed by atoms with Crippen molar-refractivity contribution in [3.8, 4) is 5.88 Å². The molecule has 3 heteroatoms. The van der Waals surface area contributed by atoms with Crippen LogP contribution in [-0.4, -0.2) is 17.4 Å². The zero-order chi connectivity index (χ0) is 10.1. The van der Waals surface area contributed by atoms with Gasteiger partial charge in [0.25, 0.3) is 0 Å². The van der Waals surface area contributed by atoms with Crippen LogP contribution < -0.4 is 4.74 Å². The molecule has 1 aliphatic heterocycles. The summed E-state index contributed by atoms with van der Waals surface area (Å²) < 4.78 is 5.27.